The molecule has 0 atom stereocenters. The highest BCUT2D eigenvalue weighted by atomic mass is 32.2. The number of nitro groups is 2. The van der Waals surface area contributed by atoms with Crippen LogP contribution < -0.4 is 0 Å². The van der Waals surface area contributed by atoms with Crippen molar-refractivity contribution >= 4 is 23.4 Å². The van der Waals surface area contributed by atoms with Gasteiger partial charge in [-0.15, -0.1) is 10.2 Å². The minimum absolute atomic E-state index is 0.0562. The Labute approximate surface area is 136 Å². The van der Waals surface area contributed by atoms with Gasteiger partial charge < -0.3 is 14.5 Å². The van der Waals surface area contributed by atoms with E-state index in [2.05, 4.69) is 20.3 Å². The molecular weight excluding hydrogens is 342 g/mol. The lowest BCUT2D eigenvalue weighted by molar-refractivity contribution is -0.394. The highest BCUT2D eigenvalue weighted by Crippen LogP contribution is 2.29. The van der Waals surface area contributed by atoms with Crippen LogP contribution in [0.1, 0.15) is 0 Å². The summed E-state index contributed by atoms with van der Waals surface area (Å²) in [7, 11) is 1.50. The van der Waals surface area contributed by atoms with Gasteiger partial charge in [-0.1, -0.05) is 0 Å². The number of hydrogen-bond donors (Lipinski definition) is 0. The van der Waals surface area contributed by atoms with E-state index in [0.717, 1.165) is 11.8 Å². The summed E-state index contributed by atoms with van der Waals surface area (Å²) in [5, 5.41) is 32.8. The molecule has 0 unspecified atom stereocenters. The number of hydrogen-bond acceptors (Lipinski definition) is 10. The molecule has 0 bridgehead atoms. The molecule has 0 radical (unpaired) electrons. The van der Waals surface area contributed by atoms with Gasteiger partial charge in [-0.3, -0.25) is 10.1 Å². The zero-order valence-corrected chi connectivity index (χ0v) is 12.7. The molecule has 1 aromatic carbocycles. The first kappa shape index (κ1) is 15.5. The lowest BCUT2D eigenvalue weighted by Crippen LogP contribution is -1.94. The van der Waals surface area contributed by atoms with E-state index < -0.39 is 15.8 Å². The minimum atomic E-state index is -0.708. The monoisotopic (exact) mass is 349 g/mol. The minimum Gasteiger partial charge on any atom is -0.411 e. The van der Waals surface area contributed by atoms with E-state index in [9.17, 15) is 20.2 Å². The fraction of sp³-hybridized carbons (Fsp3) is 0.0909. The van der Waals surface area contributed by atoms with Crippen molar-refractivity contribution in [2.24, 2.45) is 7.05 Å². The third kappa shape index (κ3) is 3.05. The van der Waals surface area contributed by atoms with E-state index in [1.165, 1.54) is 36.0 Å². The van der Waals surface area contributed by atoms with Crippen LogP contribution in [0.4, 0.5) is 11.6 Å². The molecular formula is C11H7N7O5S. The molecule has 13 heteroatoms. The highest BCUT2D eigenvalue weighted by molar-refractivity contribution is 7.98. The van der Waals surface area contributed by atoms with E-state index in [-0.39, 0.29) is 22.0 Å². The van der Waals surface area contributed by atoms with Gasteiger partial charge in [0.05, 0.1) is 4.92 Å². The summed E-state index contributed by atoms with van der Waals surface area (Å²) in [6.07, 6.45) is 0. The van der Waals surface area contributed by atoms with Crippen molar-refractivity contribution in [2.75, 3.05) is 0 Å². The number of rotatable bonds is 5. The molecule has 12 nitrogen and oxygen atoms in total. The summed E-state index contributed by atoms with van der Waals surface area (Å²) in [5.41, 5.74) is 0.447. The molecule has 0 saturated heterocycles. The third-order valence-electron chi connectivity index (χ3n) is 2.79. The Bertz CT molecular complexity index is 919. The molecule has 24 heavy (non-hydrogen) atoms. The average molecular weight is 349 g/mol. The van der Waals surface area contributed by atoms with Crippen LogP contribution in [0.2, 0.25) is 0 Å². The van der Waals surface area contributed by atoms with Gasteiger partial charge >= 0.3 is 5.95 Å². The Balaban J connectivity index is 1.80. The Morgan fingerprint density at radius 3 is 2.42 bits per heavy atom. The summed E-state index contributed by atoms with van der Waals surface area (Å²) in [6.45, 7) is 0. The Kier molecular flexibility index (Phi) is 3.91. The predicted molar refractivity (Wildman–Crippen MR) is 78.2 cm³/mol. The van der Waals surface area contributed by atoms with E-state index in [1.54, 1.807) is 0 Å². The van der Waals surface area contributed by atoms with Gasteiger partial charge in [0.1, 0.15) is 0 Å². The van der Waals surface area contributed by atoms with Crippen LogP contribution >= 0.6 is 11.8 Å². The maximum atomic E-state index is 10.6. The molecule has 2 aromatic heterocycles. The standard InChI is InChI=1S/C11H7N7O5S/c1-16-10(12-9(15-16)18(21)22)24-11-14-13-8(23-11)6-2-4-7(5-3-6)17(19)20/h2-5H,1H3. The van der Waals surface area contributed by atoms with Crippen molar-refractivity contribution in [1.29, 1.82) is 0 Å². The zero-order chi connectivity index (χ0) is 17.3. The van der Waals surface area contributed by atoms with E-state index in [1.807, 2.05) is 0 Å². The maximum absolute atomic E-state index is 10.6. The first-order valence-electron chi connectivity index (χ1n) is 6.25. The van der Waals surface area contributed by atoms with Crippen molar-refractivity contribution in [2.45, 2.75) is 10.4 Å². The molecule has 0 aliphatic heterocycles. The first-order valence-corrected chi connectivity index (χ1v) is 7.07. The SMILES string of the molecule is Cn1nc([N+](=O)[O-])nc1Sc1nnc(-c2ccc([N+](=O)[O-])cc2)o1. The van der Waals surface area contributed by atoms with Crippen LogP contribution in [0.3, 0.4) is 0 Å². The molecule has 3 aromatic rings. The lowest BCUT2D eigenvalue weighted by Gasteiger charge is -1.94. The quantitative estimate of drug-likeness (QED) is 0.491. The molecule has 0 aliphatic carbocycles. The van der Waals surface area contributed by atoms with E-state index in [0.29, 0.717) is 5.56 Å². The fourth-order valence-electron chi connectivity index (χ4n) is 1.69. The van der Waals surface area contributed by atoms with Crippen LogP contribution in [-0.4, -0.2) is 34.8 Å². The molecule has 0 saturated carbocycles. The topological polar surface area (TPSA) is 156 Å². The molecule has 0 aliphatic rings. The number of benzene rings is 1. The van der Waals surface area contributed by atoms with Crippen molar-refractivity contribution in [3.63, 3.8) is 0 Å². The highest BCUT2D eigenvalue weighted by Gasteiger charge is 2.22. The van der Waals surface area contributed by atoms with Crippen molar-refractivity contribution < 1.29 is 14.3 Å². The van der Waals surface area contributed by atoms with Gasteiger partial charge in [0.15, 0.2) is 0 Å². The predicted octanol–water partition coefficient (Wildman–Crippen LogP) is 1.83. The molecule has 2 heterocycles. The summed E-state index contributed by atoms with van der Waals surface area (Å²) in [6, 6.07) is 5.59. The van der Waals surface area contributed by atoms with E-state index >= 15 is 0 Å². The smallest absolute Gasteiger partial charge is 0.411 e. The first-order chi connectivity index (χ1) is 11.4. The number of non-ortho nitro benzene ring substituents is 1. The van der Waals surface area contributed by atoms with Gasteiger partial charge in [-0.25, -0.2) is 0 Å². The van der Waals surface area contributed by atoms with E-state index in [4.69, 9.17) is 4.42 Å². The number of nitrogens with zero attached hydrogens (tertiary/aromatic N) is 7. The molecule has 0 N–H and O–H groups in total. The van der Waals surface area contributed by atoms with Gasteiger partial charge in [0.25, 0.3) is 16.1 Å². The molecule has 0 spiro atoms. The second-order valence-corrected chi connectivity index (χ2v) is 5.27. The van der Waals surface area contributed by atoms with Crippen molar-refractivity contribution in [1.82, 2.24) is 25.0 Å². The molecule has 3 rings (SSSR count). The van der Waals surface area contributed by atoms with Crippen LogP contribution in [-0.2, 0) is 7.05 Å². The van der Waals surface area contributed by atoms with Crippen LogP contribution in [0.5, 0.6) is 0 Å². The molecule has 0 fully saturated rings. The average Bonchev–Trinajstić information content (AvgIpc) is 3.15. The summed E-state index contributed by atoms with van der Waals surface area (Å²) in [5.74, 6) is -0.376. The Hall–Kier alpha value is -3.35. The Morgan fingerprint density at radius 1 is 1.12 bits per heavy atom. The largest absolute Gasteiger partial charge is 0.492 e. The second kappa shape index (κ2) is 6.04. The van der Waals surface area contributed by atoms with Crippen LogP contribution in [0, 0.1) is 20.2 Å². The third-order valence-corrected chi connectivity index (χ3v) is 3.66. The summed E-state index contributed by atoms with van der Waals surface area (Å²) >= 11 is 0.912. The fourth-order valence-corrected chi connectivity index (χ4v) is 2.35. The van der Waals surface area contributed by atoms with Crippen LogP contribution in [0.15, 0.2) is 39.1 Å². The van der Waals surface area contributed by atoms with Crippen molar-refractivity contribution in [3.8, 4) is 11.5 Å². The van der Waals surface area contributed by atoms with Crippen LogP contribution in [0.25, 0.3) is 11.5 Å². The summed E-state index contributed by atoms with van der Waals surface area (Å²) < 4.78 is 6.64. The number of aromatic nitrogens is 5. The van der Waals surface area contributed by atoms with Crippen molar-refractivity contribution in [3.05, 3.63) is 44.5 Å². The molecule has 0 amide bonds. The Morgan fingerprint density at radius 2 is 1.83 bits per heavy atom. The van der Waals surface area contributed by atoms with Gasteiger partial charge in [-0.2, -0.15) is 4.68 Å². The van der Waals surface area contributed by atoms with Gasteiger partial charge in [-0.05, 0) is 22.0 Å². The number of nitro benzene ring substituents is 1. The van der Waals surface area contributed by atoms with Gasteiger partial charge in [0.2, 0.25) is 5.89 Å². The van der Waals surface area contributed by atoms with Gasteiger partial charge in [0, 0.05) is 41.6 Å². The number of aryl methyl sites for hydroxylation is 1. The second-order valence-electron chi connectivity index (χ2n) is 4.35. The normalized spacial score (nSPS) is 10.7. The summed E-state index contributed by atoms with van der Waals surface area (Å²) in [4.78, 5) is 23.8. The molecule has 122 valence electrons. The zero-order valence-electron chi connectivity index (χ0n) is 11.9. The lowest BCUT2D eigenvalue weighted by atomic mass is 10.2. The maximum Gasteiger partial charge on any atom is 0.492 e.